The van der Waals surface area contributed by atoms with Crippen LogP contribution >= 0.6 is 11.6 Å². The summed E-state index contributed by atoms with van der Waals surface area (Å²) in [5.41, 5.74) is 2.02. The summed E-state index contributed by atoms with van der Waals surface area (Å²) in [6.45, 7) is 5.95. The summed E-state index contributed by atoms with van der Waals surface area (Å²) in [4.78, 5) is 17.0. The first kappa shape index (κ1) is 40.4. The molecule has 2 aliphatic rings. The molecule has 0 fully saturated rings. The van der Waals surface area contributed by atoms with E-state index >= 15 is 0 Å². The lowest BCUT2D eigenvalue weighted by Crippen LogP contribution is -2.29. The average Bonchev–Trinajstić information content (AvgIpc) is 3.40. The predicted octanol–water partition coefficient (Wildman–Crippen LogP) is 6.67. The number of hydrogen-bond donors (Lipinski definition) is 4. The van der Waals surface area contributed by atoms with Crippen molar-refractivity contribution in [1.82, 2.24) is 0 Å². The van der Waals surface area contributed by atoms with Gasteiger partial charge in [-0.1, -0.05) is 56.5 Å². The lowest BCUT2D eigenvalue weighted by Gasteiger charge is -2.30. The molecule has 0 aromatic heterocycles. The molecule has 0 spiro atoms. The first-order valence-electron chi connectivity index (χ1n) is 16.1. The van der Waals surface area contributed by atoms with E-state index in [2.05, 4.69) is 4.99 Å². The number of unbranched alkanes of at least 4 members (excludes halogenated alkanes) is 3. The van der Waals surface area contributed by atoms with Crippen molar-refractivity contribution in [3.63, 3.8) is 0 Å². The van der Waals surface area contributed by atoms with Gasteiger partial charge in [0.2, 0.25) is 0 Å². The molecular formula is C34H41ClN2O11S3. The number of hydrogen-bond acceptors (Lipinski definition) is 9. The molecule has 278 valence electrons. The second kappa shape index (κ2) is 15.3. The van der Waals surface area contributed by atoms with Gasteiger partial charge in [0.05, 0.1) is 32.0 Å². The maximum Gasteiger partial charge on any atom is 0.303 e. The second-order valence-electron chi connectivity index (χ2n) is 13.3. The van der Waals surface area contributed by atoms with Crippen molar-refractivity contribution < 1.29 is 48.8 Å². The van der Waals surface area contributed by atoms with Crippen LogP contribution in [0.15, 0.2) is 81.2 Å². The maximum atomic E-state index is 12.1. The van der Waals surface area contributed by atoms with Crippen molar-refractivity contribution in [3.8, 4) is 0 Å². The fraction of sp³-hybridized carbons (Fsp3) is 0.412. The molecular weight excluding hydrogens is 744 g/mol. The van der Waals surface area contributed by atoms with Gasteiger partial charge in [-0.3, -0.25) is 23.4 Å². The molecule has 0 radical (unpaired) electrons. The number of carbonyl (C=O) groups is 1. The minimum Gasteiger partial charge on any atom is -0.481 e. The van der Waals surface area contributed by atoms with Gasteiger partial charge in [-0.25, -0.2) is 0 Å². The average molecular weight is 785 g/mol. The molecule has 4 rings (SSSR count). The molecule has 2 aromatic carbocycles. The summed E-state index contributed by atoms with van der Waals surface area (Å²) in [6, 6.07) is 6.80. The number of carboxylic acid groups (broad SMARTS) is 1. The number of benzene rings is 2. The zero-order chi connectivity index (χ0) is 38.0. The molecule has 4 N–H and O–H groups in total. The quantitative estimate of drug-likeness (QED) is 0.0797. The zero-order valence-corrected chi connectivity index (χ0v) is 31.5. The van der Waals surface area contributed by atoms with Crippen LogP contribution in [0.1, 0.15) is 76.8 Å². The van der Waals surface area contributed by atoms with Gasteiger partial charge in [0.1, 0.15) is 0 Å². The maximum absolute atomic E-state index is 12.1. The molecule has 1 unspecified atom stereocenters. The van der Waals surface area contributed by atoms with Crippen LogP contribution in [-0.4, -0.2) is 68.0 Å². The zero-order valence-electron chi connectivity index (χ0n) is 28.3. The Morgan fingerprint density at radius 1 is 0.843 bits per heavy atom. The lowest BCUT2D eigenvalue weighted by atomic mass is 9.77. The minimum atomic E-state index is -4.54. The second-order valence-corrected chi connectivity index (χ2v) is 18.1. The number of carboxylic acids is 1. The topological polar surface area (TPSA) is 216 Å². The summed E-state index contributed by atoms with van der Waals surface area (Å²) in [5.74, 6) is -1.33. The van der Waals surface area contributed by atoms with Gasteiger partial charge >= 0.3 is 5.97 Å². The smallest absolute Gasteiger partial charge is 0.303 e. The molecule has 0 aliphatic carbocycles. The number of nitrogens with zero attached hydrogens (tertiary/aromatic N) is 2. The fourth-order valence-corrected chi connectivity index (χ4v) is 8.43. The van der Waals surface area contributed by atoms with Crippen molar-refractivity contribution in [2.45, 2.75) is 86.3 Å². The standard InChI is InChI=1S/C34H41ClN2O11S3/c1-33(2)26-21-24(51(46,47)48)22-27(35)32(26)36-29(33)12-6-4-7-13-30-34(3,17-9-5-8-14-31(38)39)25-20-23(50(43,44)45)15-16-28(25)37(30)18-10-11-19-49(40,41)42/h4,6-7,12-13,15-16,20-22H,5,8-11,14,17-19H2,1-3H3,(H,38,39)(H,40,41,42)(H,43,44,45)(H,46,47,48). The number of halogens is 1. The SMILES string of the molecule is CC1(C)C(C=CC=CC=C2N(CCCCS(=O)(=O)O)c3ccc(S(=O)(=O)O)cc3C2(C)CCCCCC(=O)O)=Nc2c(Cl)cc(S(=O)(=O)O)cc21. The molecule has 0 amide bonds. The Kier molecular flexibility index (Phi) is 12.1. The highest BCUT2D eigenvalue weighted by Crippen LogP contribution is 2.51. The molecule has 0 saturated carbocycles. The van der Waals surface area contributed by atoms with Crippen LogP contribution in [-0.2, 0) is 46.0 Å². The Labute approximate surface area is 303 Å². The lowest BCUT2D eigenvalue weighted by molar-refractivity contribution is -0.137. The third-order valence-electron chi connectivity index (χ3n) is 9.22. The van der Waals surface area contributed by atoms with Crippen LogP contribution in [0.5, 0.6) is 0 Å². The van der Waals surface area contributed by atoms with Crippen molar-refractivity contribution in [1.29, 1.82) is 0 Å². The van der Waals surface area contributed by atoms with Crippen LogP contribution in [0, 0.1) is 0 Å². The number of aliphatic carboxylic acids is 1. The molecule has 1 atom stereocenters. The first-order valence-corrected chi connectivity index (χ1v) is 20.9. The van der Waals surface area contributed by atoms with E-state index in [1.807, 2.05) is 31.7 Å². The molecule has 0 bridgehead atoms. The summed E-state index contributed by atoms with van der Waals surface area (Å²) >= 11 is 6.33. The highest BCUT2D eigenvalue weighted by atomic mass is 35.5. The Morgan fingerprint density at radius 3 is 2.14 bits per heavy atom. The van der Waals surface area contributed by atoms with E-state index < -0.39 is 52.9 Å². The van der Waals surface area contributed by atoms with Crippen LogP contribution in [0.25, 0.3) is 0 Å². The highest BCUT2D eigenvalue weighted by Gasteiger charge is 2.43. The van der Waals surface area contributed by atoms with Crippen LogP contribution in [0.3, 0.4) is 0 Å². The van der Waals surface area contributed by atoms with Crippen LogP contribution in [0.2, 0.25) is 5.02 Å². The van der Waals surface area contributed by atoms with E-state index in [0.717, 1.165) is 11.8 Å². The number of allylic oxidation sites excluding steroid dienone is 6. The molecule has 0 saturated heterocycles. The summed E-state index contributed by atoms with van der Waals surface area (Å²) in [5, 5.41) is 9.15. The van der Waals surface area contributed by atoms with Crippen molar-refractivity contribution >= 4 is 65.0 Å². The Morgan fingerprint density at radius 2 is 1.51 bits per heavy atom. The van der Waals surface area contributed by atoms with Gasteiger partial charge < -0.3 is 10.0 Å². The van der Waals surface area contributed by atoms with E-state index in [1.54, 1.807) is 30.4 Å². The highest BCUT2D eigenvalue weighted by molar-refractivity contribution is 7.86. The molecule has 2 aliphatic heterocycles. The first-order chi connectivity index (χ1) is 23.6. The van der Waals surface area contributed by atoms with Gasteiger partial charge in [-0.15, -0.1) is 0 Å². The number of anilines is 1. The Hall–Kier alpha value is -3.38. The van der Waals surface area contributed by atoms with Crippen LogP contribution < -0.4 is 4.90 Å². The van der Waals surface area contributed by atoms with E-state index in [4.69, 9.17) is 16.7 Å². The number of rotatable bonds is 16. The minimum absolute atomic E-state index is 0.0128. The van der Waals surface area contributed by atoms with E-state index in [9.17, 15) is 43.7 Å². The van der Waals surface area contributed by atoms with Crippen LogP contribution in [0.4, 0.5) is 11.4 Å². The van der Waals surface area contributed by atoms with Gasteiger partial charge in [0.15, 0.2) is 0 Å². The number of aliphatic imine (C=N–C) groups is 1. The Bertz CT molecular complexity index is 2160. The molecule has 2 aromatic rings. The summed E-state index contributed by atoms with van der Waals surface area (Å²) in [6.07, 6.45) is 11.6. The van der Waals surface area contributed by atoms with Crippen molar-refractivity contribution in [2.75, 3.05) is 17.2 Å². The van der Waals surface area contributed by atoms with Crippen molar-refractivity contribution in [3.05, 3.63) is 82.6 Å². The van der Waals surface area contributed by atoms with Gasteiger partial charge in [-0.05, 0) is 86.2 Å². The van der Waals surface area contributed by atoms with Gasteiger partial charge in [-0.2, -0.15) is 25.3 Å². The van der Waals surface area contributed by atoms with E-state index in [-0.39, 0.29) is 27.7 Å². The third-order valence-corrected chi connectivity index (χ3v) is 12.0. The summed E-state index contributed by atoms with van der Waals surface area (Å²) < 4.78 is 99.2. The summed E-state index contributed by atoms with van der Waals surface area (Å²) in [7, 11) is -13.2. The van der Waals surface area contributed by atoms with Gasteiger partial charge in [0, 0.05) is 35.2 Å². The number of fused-ring (bicyclic) bond motifs is 2. The largest absolute Gasteiger partial charge is 0.481 e. The van der Waals surface area contributed by atoms with E-state index in [0.29, 0.717) is 66.9 Å². The fourth-order valence-electron chi connectivity index (χ4n) is 6.50. The normalized spacial score (nSPS) is 19.6. The molecule has 17 heteroatoms. The van der Waals surface area contributed by atoms with Gasteiger partial charge in [0.25, 0.3) is 30.4 Å². The monoisotopic (exact) mass is 784 g/mol. The van der Waals surface area contributed by atoms with E-state index in [1.165, 1.54) is 18.2 Å². The molecule has 2 heterocycles. The Balaban J connectivity index is 1.69. The predicted molar refractivity (Wildman–Crippen MR) is 195 cm³/mol. The molecule has 51 heavy (non-hydrogen) atoms. The van der Waals surface area contributed by atoms with Crippen molar-refractivity contribution in [2.24, 2.45) is 4.99 Å². The molecule has 13 nitrogen and oxygen atoms in total. The third kappa shape index (κ3) is 9.54.